The first-order chi connectivity index (χ1) is 15.4. The molecule has 7 heteroatoms. The van der Waals surface area contributed by atoms with Crippen LogP contribution in [0.3, 0.4) is 0 Å². The van der Waals surface area contributed by atoms with Gasteiger partial charge in [0.2, 0.25) is 0 Å². The molecule has 4 rings (SSSR count). The number of aryl methyl sites for hydroxylation is 1. The molecule has 1 aromatic heterocycles. The molecular weight excluding hydrogens is 427 g/mol. The summed E-state index contributed by atoms with van der Waals surface area (Å²) in [6.07, 6.45) is 3.39. The van der Waals surface area contributed by atoms with Crippen molar-refractivity contribution in [3.8, 4) is 0 Å². The number of fused-ring (bicyclic) bond motifs is 1. The highest BCUT2D eigenvalue weighted by Crippen LogP contribution is 2.27. The van der Waals surface area contributed by atoms with Gasteiger partial charge >= 0.3 is 0 Å². The molecule has 0 aliphatic rings. The first-order valence-corrected chi connectivity index (χ1v) is 11.8. The third-order valence-corrected chi connectivity index (χ3v) is 7.01. The van der Waals surface area contributed by atoms with Crippen molar-refractivity contribution in [1.82, 2.24) is 9.29 Å². The van der Waals surface area contributed by atoms with Crippen LogP contribution in [0.25, 0.3) is 10.9 Å². The molecule has 164 valence electrons. The first kappa shape index (κ1) is 21.8. The Bertz CT molecular complexity index is 1360. The molecule has 0 fully saturated rings. The van der Waals surface area contributed by atoms with Crippen molar-refractivity contribution in [2.75, 3.05) is 0 Å². The zero-order valence-corrected chi connectivity index (χ0v) is 18.4. The number of carbonyl (C=O) groups is 1. The van der Waals surface area contributed by atoms with Crippen LogP contribution < -0.4 is 5.32 Å². The molecule has 0 saturated carbocycles. The Morgan fingerprint density at radius 1 is 0.969 bits per heavy atom. The lowest BCUT2D eigenvalue weighted by molar-refractivity contribution is 0.0951. The topological polar surface area (TPSA) is 68.2 Å². The molecule has 0 radical (unpaired) electrons. The van der Waals surface area contributed by atoms with Crippen LogP contribution in [0.4, 0.5) is 4.39 Å². The Hall–Kier alpha value is -3.45. The highest BCUT2D eigenvalue weighted by Gasteiger charge is 2.21. The molecule has 1 heterocycles. The molecule has 4 aromatic rings. The fraction of sp³-hybridized carbons (Fsp3) is 0.160. The SMILES string of the molecule is CCCc1cn(S(=O)(=O)c2ccc(C(=O)NCc3ccc(F)cc3)cc2)c2ccccc12. The fourth-order valence-electron chi connectivity index (χ4n) is 3.66. The van der Waals surface area contributed by atoms with E-state index in [0.29, 0.717) is 11.1 Å². The summed E-state index contributed by atoms with van der Waals surface area (Å²) in [5.74, 6) is -0.677. The number of hydrogen-bond acceptors (Lipinski definition) is 3. The summed E-state index contributed by atoms with van der Waals surface area (Å²) in [4.78, 5) is 12.5. The van der Waals surface area contributed by atoms with Crippen LogP contribution in [0.2, 0.25) is 0 Å². The van der Waals surface area contributed by atoms with Crippen LogP contribution in [0, 0.1) is 5.82 Å². The molecule has 0 unspecified atom stereocenters. The molecule has 3 aromatic carbocycles. The molecule has 0 spiro atoms. The van der Waals surface area contributed by atoms with E-state index in [0.717, 1.165) is 29.4 Å². The Labute approximate surface area is 186 Å². The van der Waals surface area contributed by atoms with Crippen LogP contribution >= 0.6 is 0 Å². The van der Waals surface area contributed by atoms with E-state index >= 15 is 0 Å². The van der Waals surface area contributed by atoms with Gasteiger partial charge in [0, 0.05) is 23.7 Å². The van der Waals surface area contributed by atoms with Gasteiger partial charge in [0.25, 0.3) is 15.9 Å². The highest BCUT2D eigenvalue weighted by atomic mass is 32.2. The predicted molar refractivity (Wildman–Crippen MR) is 123 cm³/mol. The van der Waals surface area contributed by atoms with Crippen molar-refractivity contribution < 1.29 is 17.6 Å². The zero-order valence-electron chi connectivity index (χ0n) is 17.6. The first-order valence-electron chi connectivity index (χ1n) is 10.4. The number of aromatic nitrogens is 1. The number of amides is 1. The van der Waals surface area contributed by atoms with Gasteiger partial charge in [0.1, 0.15) is 5.82 Å². The maximum absolute atomic E-state index is 13.3. The van der Waals surface area contributed by atoms with Crippen LogP contribution in [0.5, 0.6) is 0 Å². The number of hydrogen-bond donors (Lipinski definition) is 1. The molecule has 0 aliphatic heterocycles. The van der Waals surface area contributed by atoms with Crippen molar-refractivity contribution >= 4 is 26.8 Å². The number of halogens is 1. The number of nitrogens with one attached hydrogen (secondary N) is 1. The van der Waals surface area contributed by atoms with Crippen LogP contribution in [0.15, 0.2) is 83.9 Å². The zero-order chi connectivity index (χ0) is 22.7. The maximum atomic E-state index is 13.3. The minimum Gasteiger partial charge on any atom is -0.348 e. The molecule has 1 N–H and O–H groups in total. The molecule has 1 amide bonds. The van der Waals surface area contributed by atoms with Crippen molar-refractivity contribution in [2.24, 2.45) is 0 Å². The Morgan fingerprint density at radius 2 is 1.66 bits per heavy atom. The van der Waals surface area contributed by atoms with E-state index < -0.39 is 10.0 Å². The van der Waals surface area contributed by atoms with Crippen LogP contribution in [0.1, 0.15) is 34.8 Å². The van der Waals surface area contributed by atoms with E-state index in [2.05, 4.69) is 12.2 Å². The maximum Gasteiger partial charge on any atom is 0.268 e. The van der Waals surface area contributed by atoms with Gasteiger partial charge in [-0.2, -0.15) is 0 Å². The summed E-state index contributed by atoms with van der Waals surface area (Å²) in [6.45, 7) is 2.30. The van der Waals surface area contributed by atoms with Gasteiger partial charge in [0.05, 0.1) is 10.4 Å². The Morgan fingerprint density at radius 3 is 2.34 bits per heavy atom. The summed E-state index contributed by atoms with van der Waals surface area (Å²) >= 11 is 0. The molecule has 0 aliphatic carbocycles. The lowest BCUT2D eigenvalue weighted by Crippen LogP contribution is -2.22. The second-order valence-corrected chi connectivity index (χ2v) is 9.37. The number of rotatable bonds is 7. The molecule has 0 saturated heterocycles. The average molecular weight is 451 g/mol. The smallest absolute Gasteiger partial charge is 0.268 e. The van der Waals surface area contributed by atoms with E-state index in [-0.39, 0.29) is 23.2 Å². The third kappa shape index (κ3) is 4.29. The largest absolute Gasteiger partial charge is 0.348 e. The quantitative estimate of drug-likeness (QED) is 0.435. The number of nitrogens with zero attached hydrogens (tertiary/aromatic N) is 1. The molecule has 0 bridgehead atoms. The average Bonchev–Trinajstić information content (AvgIpc) is 3.18. The van der Waals surface area contributed by atoms with Crippen LogP contribution in [-0.2, 0) is 23.0 Å². The van der Waals surface area contributed by atoms with Crippen LogP contribution in [-0.4, -0.2) is 18.3 Å². The number of benzene rings is 3. The van der Waals surface area contributed by atoms with E-state index in [4.69, 9.17) is 0 Å². The Balaban J connectivity index is 1.56. The molecule has 32 heavy (non-hydrogen) atoms. The minimum atomic E-state index is -3.82. The highest BCUT2D eigenvalue weighted by molar-refractivity contribution is 7.90. The lowest BCUT2D eigenvalue weighted by atomic mass is 10.1. The third-order valence-electron chi connectivity index (χ3n) is 5.32. The van der Waals surface area contributed by atoms with Gasteiger partial charge in [-0.25, -0.2) is 16.8 Å². The van der Waals surface area contributed by atoms with Gasteiger partial charge < -0.3 is 5.32 Å². The van der Waals surface area contributed by atoms with Gasteiger partial charge in [-0.15, -0.1) is 0 Å². The van der Waals surface area contributed by atoms with E-state index in [1.807, 2.05) is 18.2 Å². The fourth-order valence-corrected chi connectivity index (χ4v) is 5.06. The summed E-state index contributed by atoms with van der Waals surface area (Å²) in [5.41, 5.74) is 2.73. The van der Waals surface area contributed by atoms with Crippen molar-refractivity contribution in [3.05, 3.63) is 102 Å². The summed E-state index contributed by atoms with van der Waals surface area (Å²) in [5, 5.41) is 3.68. The minimum absolute atomic E-state index is 0.108. The summed E-state index contributed by atoms with van der Waals surface area (Å²) in [7, 11) is -3.82. The second-order valence-electron chi connectivity index (χ2n) is 7.56. The standard InChI is InChI=1S/C25H23FN2O3S/c1-2-5-20-17-28(24-7-4-3-6-23(20)24)32(30,31)22-14-10-19(11-15-22)25(29)27-16-18-8-12-21(26)13-9-18/h3-4,6-15,17H,2,5,16H2,1H3,(H,27,29). The van der Waals surface area contributed by atoms with Crippen molar-refractivity contribution in [2.45, 2.75) is 31.2 Å². The van der Waals surface area contributed by atoms with Crippen molar-refractivity contribution in [3.63, 3.8) is 0 Å². The van der Waals surface area contributed by atoms with Gasteiger partial charge in [0.15, 0.2) is 0 Å². The van der Waals surface area contributed by atoms with E-state index in [1.54, 1.807) is 24.4 Å². The second kappa shape index (κ2) is 8.96. The van der Waals surface area contributed by atoms with Gasteiger partial charge in [-0.3, -0.25) is 4.79 Å². The van der Waals surface area contributed by atoms with Gasteiger partial charge in [-0.1, -0.05) is 43.7 Å². The van der Waals surface area contributed by atoms with E-state index in [9.17, 15) is 17.6 Å². The Kier molecular flexibility index (Phi) is 6.10. The van der Waals surface area contributed by atoms with Crippen molar-refractivity contribution in [1.29, 1.82) is 0 Å². The number of carbonyl (C=O) groups excluding carboxylic acids is 1. The molecule has 5 nitrogen and oxygen atoms in total. The predicted octanol–water partition coefficient (Wildman–Crippen LogP) is 4.90. The van der Waals surface area contributed by atoms with Gasteiger partial charge in [-0.05, 0) is 60.0 Å². The number of para-hydroxylation sites is 1. The molecule has 0 atom stereocenters. The summed E-state index contributed by atoms with van der Waals surface area (Å²) in [6, 6.07) is 19.2. The monoisotopic (exact) mass is 450 g/mol. The lowest BCUT2D eigenvalue weighted by Gasteiger charge is -2.09. The molecular formula is C25H23FN2O3S. The van der Waals surface area contributed by atoms with E-state index in [1.165, 1.54) is 40.4 Å². The summed E-state index contributed by atoms with van der Waals surface area (Å²) < 4.78 is 40.9. The normalized spacial score (nSPS) is 11.6.